The molecule has 9 heteroatoms. The normalized spacial score (nSPS) is 24.0. The third-order valence-electron chi connectivity index (χ3n) is 5.43. The van der Waals surface area contributed by atoms with Crippen molar-refractivity contribution in [3.63, 3.8) is 0 Å². The highest BCUT2D eigenvalue weighted by molar-refractivity contribution is 8.00. The van der Waals surface area contributed by atoms with Crippen LogP contribution in [0.1, 0.15) is 67.2 Å². The van der Waals surface area contributed by atoms with E-state index in [0.29, 0.717) is 30.4 Å². The van der Waals surface area contributed by atoms with Crippen molar-refractivity contribution in [1.29, 1.82) is 0 Å². The van der Waals surface area contributed by atoms with Crippen LogP contribution in [0.15, 0.2) is 11.6 Å². The molecule has 8 nitrogen and oxygen atoms in total. The van der Waals surface area contributed by atoms with E-state index >= 15 is 0 Å². The fraction of sp³-hybridized carbons (Fsp3) is 0.840. The first kappa shape index (κ1) is 37.4. The molecular formula is C25H51NO7S. The molecule has 204 valence electrons. The molecule has 2 saturated heterocycles. The molecule has 2 unspecified atom stereocenters. The lowest BCUT2D eigenvalue weighted by Gasteiger charge is -2.35. The number of carboxylic acids is 1. The number of hydrogen-bond donors (Lipinski definition) is 3. The smallest absolute Gasteiger partial charge is 0.313 e. The Morgan fingerprint density at radius 2 is 1.62 bits per heavy atom. The average Bonchev–Trinajstić information content (AvgIpc) is 3.61. The molecule has 1 saturated carbocycles. The zero-order valence-electron chi connectivity index (χ0n) is 22.9. The quantitative estimate of drug-likeness (QED) is 0.281. The number of aliphatic hydroxyl groups excluding tert-OH is 2. The van der Waals surface area contributed by atoms with Gasteiger partial charge in [-0.15, -0.1) is 11.8 Å². The first-order valence-corrected chi connectivity index (χ1v) is 13.0. The van der Waals surface area contributed by atoms with Gasteiger partial charge in [0.05, 0.1) is 24.1 Å². The number of carbonyl (C=O) groups excluding carboxylic acids is 1. The summed E-state index contributed by atoms with van der Waals surface area (Å²) < 4.78 is 11.0. The Morgan fingerprint density at radius 1 is 1.15 bits per heavy atom. The van der Waals surface area contributed by atoms with Crippen molar-refractivity contribution in [3.8, 4) is 0 Å². The lowest BCUT2D eigenvalue weighted by Crippen LogP contribution is -2.48. The maximum Gasteiger partial charge on any atom is 0.313 e. The van der Waals surface area contributed by atoms with Crippen molar-refractivity contribution in [1.82, 2.24) is 4.90 Å². The lowest BCUT2D eigenvalue weighted by atomic mass is 9.78. The Morgan fingerprint density at radius 3 is 1.97 bits per heavy atom. The number of methoxy groups -OCH3 is 1. The van der Waals surface area contributed by atoms with E-state index in [0.717, 1.165) is 27.2 Å². The van der Waals surface area contributed by atoms with Gasteiger partial charge in [0.25, 0.3) is 0 Å². The van der Waals surface area contributed by atoms with Gasteiger partial charge in [-0.1, -0.05) is 38.3 Å². The number of epoxide rings is 1. The van der Waals surface area contributed by atoms with E-state index in [1.165, 1.54) is 43.0 Å². The van der Waals surface area contributed by atoms with Crippen LogP contribution < -0.4 is 0 Å². The summed E-state index contributed by atoms with van der Waals surface area (Å²) in [7, 11) is 3.83. The van der Waals surface area contributed by atoms with Crippen LogP contribution in [-0.4, -0.2) is 96.3 Å². The van der Waals surface area contributed by atoms with Crippen LogP contribution in [0.5, 0.6) is 0 Å². The molecule has 0 aromatic carbocycles. The van der Waals surface area contributed by atoms with Gasteiger partial charge in [0.1, 0.15) is 0 Å². The van der Waals surface area contributed by atoms with Gasteiger partial charge in [-0.2, -0.15) is 0 Å². The summed E-state index contributed by atoms with van der Waals surface area (Å²) in [5.41, 5.74) is 1.55. The number of thioether (sulfide) groups is 1. The molecule has 3 N–H and O–H groups in total. The molecule has 3 atom stereocenters. The Hall–Kier alpha value is -1.13. The minimum Gasteiger partial charge on any atom is -0.481 e. The molecular weight excluding hydrogens is 458 g/mol. The topological polar surface area (TPSA) is 120 Å². The summed E-state index contributed by atoms with van der Waals surface area (Å²) in [6.45, 7) is 14.8. The Balaban J connectivity index is -0.000000403. The number of likely N-dealkylation sites (tertiary alicyclic amines) is 1. The van der Waals surface area contributed by atoms with Crippen LogP contribution >= 0.6 is 11.8 Å². The number of nitrogens with zero attached hydrogens (tertiary/aromatic N) is 1. The van der Waals surface area contributed by atoms with Gasteiger partial charge in [0, 0.05) is 45.6 Å². The molecule has 0 spiro atoms. The maximum atomic E-state index is 10.1. The van der Waals surface area contributed by atoms with Gasteiger partial charge < -0.3 is 29.7 Å². The number of rotatable bonds is 6. The first-order chi connectivity index (χ1) is 16.3. The highest BCUT2D eigenvalue weighted by Gasteiger charge is 2.50. The second-order valence-corrected chi connectivity index (χ2v) is 9.31. The number of aliphatic carboxylic acids is 1. The highest BCUT2D eigenvalue weighted by Crippen LogP contribution is 2.43. The van der Waals surface area contributed by atoms with Gasteiger partial charge in [-0.05, 0) is 40.5 Å². The monoisotopic (exact) mass is 509 g/mol. The van der Waals surface area contributed by atoms with Crippen LogP contribution in [0.3, 0.4) is 0 Å². The van der Waals surface area contributed by atoms with E-state index < -0.39 is 5.97 Å². The molecule has 3 rings (SSSR count). The SMILES string of the molecule is CC.CC=C(C)C.CO.CO.COC1CCCCC1[C@]1(C)CO1.O=CN1CC(SCC(=O)O)C1. The molecule has 0 aromatic heterocycles. The molecule has 2 heterocycles. The molecule has 3 aliphatic rings. The van der Waals surface area contributed by atoms with Crippen molar-refractivity contribution >= 4 is 24.1 Å². The molecule has 2 aliphatic heterocycles. The number of amides is 1. The summed E-state index contributed by atoms with van der Waals surface area (Å²) in [6.07, 6.45) is 8.51. The van der Waals surface area contributed by atoms with E-state index in [1.54, 1.807) is 4.90 Å². The summed E-state index contributed by atoms with van der Waals surface area (Å²) in [4.78, 5) is 21.8. The van der Waals surface area contributed by atoms with Crippen LogP contribution in [0.25, 0.3) is 0 Å². The number of allylic oxidation sites excluding steroid dienone is 2. The van der Waals surface area contributed by atoms with E-state index in [9.17, 15) is 9.59 Å². The summed E-state index contributed by atoms with van der Waals surface area (Å²) >= 11 is 1.39. The van der Waals surface area contributed by atoms with Crippen LogP contribution in [0, 0.1) is 5.92 Å². The number of ether oxygens (including phenoxy) is 2. The Bertz CT molecular complexity index is 517. The second kappa shape index (κ2) is 23.6. The Kier molecular flexibility index (Phi) is 26.0. The molecule has 0 bridgehead atoms. The van der Waals surface area contributed by atoms with Gasteiger partial charge in [-0.3, -0.25) is 9.59 Å². The zero-order chi connectivity index (χ0) is 27.2. The van der Waals surface area contributed by atoms with Crippen LogP contribution in [0.2, 0.25) is 0 Å². The van der Waals surface area contributed by atoms with Gasteiger partial charge in [0.2, 0.25) is 6.41 Å². The van der Waals surface area contributed by atoms with Crippen molar-refractivity contribution in [2.24, 2.45) is 5.92 Å². The van der Waals surface area contributed by atoms with Gasteiger partial charge in [0.15, 0.2) is 0 Å². The van der Waals surface area contributed by atoms with E-state index in [1.807, 2.05) is 27.9 Å². The van der Waals surface area contributed by atoms with Crippen LogP contribution in [-0.2, 0) is 19.1 Å². The summed E-state index contributed by atoms with van der Waals surface area (Å²) in [6, 6.07) is 0. The minimum absolute atomic E-state index is 0.136. The van der Waals surface area contributed by atoms with Crippen molar-refractivity contribution in [3.05, 3.63) is 11.6 Å². The standard InChI is InChI=1S/C10H18O2.C6H9NO3S.C5H10.C2H6.2CH4O/c1-10(7-12-10)8-5-3-4-6-9(8)11-2;8-4-7-1-5(2-7)11-3-6(9)10;1-4-5(2)3;3*1-2/h8-9H,3-7H2,1-2H3;4-5H,1-3H2,(H,9,10);4H,1-3H3;1-2H3;2*2H,1H3/t8?,9?,10-;;;;;/m0...../s1. The fourth-order valence-electron chi connectivity index (χ4n) is 3.26. The van der Waals surface area contributed by atoms with E-state index in [-0.39, 0.29) is 11.4 Å². The first-order valence-electron chi connectivity index (χ1n) is 11.9. The Labute approximate surface area is 212 Å². The van der Waals surface area contributed by atoms with E-state index in [4.69, 9.17) is 24.8 Å². The minimum atomic E-state index is -0.792. The fourth-order valence-corrected chi connectivity index (χ4v) is 4.23. The number of hydrogen-bond acceptors (Lipinski definition) is 7. The third-order valence-corrected chi connectivity index (χ3v) is 6.62. The lowest BCUT2D eigenvalue weighted by molar-refractivity contribution is -0.133. The maximum absolute atomic E-state index is 10.1. The van der Waals surface area contributed by atoms with E-state index in [2.05, 4.69) is 26.8 Å². The number of carboxylic acid groups (broad SMARTS) is 1. The number of aliphatic hydroxyl groups is 2. The van der Waals surface area contributed by atoms with Gasteiger partial charge in [-0.25, -0.2) is 0 Å². The molecule has 34 heavy (non-hydrogen) atoms. The summed E-state index contributed by atoms with van der Waals surface area (Å²) in [5.74, 6) is -0.00650. The van der Waals surface area contributed by atoms with Crippen LogP contribution in [0.4, 0.5) is 0 Å². The molecule has 1 aliphatic carbocycles. The predicted molar refractivity (Wildman–Crippen MR) is 141 cm³/mol. The predicted octanol–water partition coefficient (Wildman–Crippen LogP) is 3.84. The number of carbonyl (C=O) groups is 2. The van der Waals surface area contributed by atoms with Crippen molar-refractivity contribution < 1.29 is 34.4 Å². The second-order valence-electron chi connectivity index (χ2n) is 8.02. The van der Waals surface area contributed by atoms with Gasteiger partial charge >= 0.3 is 5.97 Å². The summed E-state index contributed by atoms with van der Waals surface area (Å²) in [5, 5.41) is 22.6. The highest BCUT2D eigenvalue weighted by atomic mass is 32.2. The largest absolute Gasteiger partial charge is 0.481 e. The third kappa shape index (κ3) is 17.3. The molecule has 1 amide bonds. The average molecular weight is 510 g/mol. The molecule has 0 radical (unpaired) electrons. The molecule has 3 fully saturated rings. The van der Waals surface area contributed by atoms with Crippen molar-refractivity contribution in [2.45, 2.75) is 84.2 Å². The molecule has 0 aromatic rings. The van der Waals surface area contributed by atoms with Crippen molar-refractivity contribution in [2.75, 3.05) is 46.8 Å². The zero-order valence-corrected chi connectivity index (χ0v) is 23.7.